The minimum Gasteiger partial charge on any atom is -0.343 e. The number of benzene rings is 1. The summed E-state index contributed by atoms with van der Waals surface area (Å²) in [6.45, 7) is 5.90. The molecule has 2 heterocycles. The zero-order chi connectivity index (χ0) is 15.7. The third-order valence-corrected chi connectivity index (χ3v) is 5.58. The summed E-state index contributed by atoms with van der Waals surface area (Å²) in [5.74, 6) is 1.20. The first-order chi connectivity index (χ1) is 10.5. The molecule has 1 aliphatic heterocycles. The van der Waals surface area contributed by atoms with E-state index in [0.29, 0.717) is 24.2 Å². The molecule has 0 spiro atoms. The first kappa shape index (κ1) is 15.8. The summed E-state index contributed by atoms with van der Waals surface area (Å²) < 4.78 is 1.19. The van der Waals surface area contributed by atoms with Crippen LogP contribution in [0.25, 0.3) is 10.2 Å². The van der Waals surface area contributed by atoms with Gasteiger partial charge in [-0.05, 0) is 37.0 Å². The SMILES string of the molecule is CC(C)CC(=O)N1CCC(c2nc3cc(Cl)ccc3s2)CC1. The molecule has 2 aromatic rings. The zero-order valence-electron chi connectivity index (χ0n) is 13.0. The van der Waals surface area contributed by atoms with Gasteiger partial charge < -0.3 is 4.90 Å². The number of hydrogen-bond acceptors (Lipinski definition) is 3. The Morgan fingerprint density at radius 2 is 2.14 bits per heavy atom. The smallest absolute Gasteiger partial charge is 0.222 e. The van der Waals surface area contributed by atoms with Gasteiger partial charge in [-0.3, -0.25) is 4.79 Å². The van der Waals surface area contributed by atoms with Gasteiger partial charge >= 0.3 is 0 Å². The van der Waals surface area contributed by atoms with Crippen LogP contribution in [0.5, 0.6) is 0 Å². The number of piperidine rings is 1. The average Bonchev–Trinajstić information content (AvgIpc) is 2.89. The molecule has 1 fully saturated rings. The molecule has 0 saturated carbocycles. The number of halogens is 1. The molecule has 0 aliphatic carbocycles. The Kier molecular flexibility index (Phi) is 4.69. The van der Waals surface area contributed by atoms with Gasteiger partial charge in [0.1, 0.15) is 0 Å². The summed E-state index contributed by atoms with van der Waals surface area (Å²) in [5.41, 5.74) is 0.991. The topological polar surface area (TPSA) is 33.2 Å². The molecular formula is C17H21ClN2OS. The quantitative estimate of drug-likeness (QED) is 0.813. The van der Waals surface area contributed by atoms with Crippen molar-refractivity contribution >= 4 is 39.1 Å². The standard InChI is InChI=1S/C17H21ClN2OS/c1-11(2)9-16(21)20-7-5-12(6-8-20)17-19-14-10-13(18)3-4-15(14)22-17/h3-4,10-12H,5-9H2,1-2H3. The maximum atomic E-state index is 12.1. The third kappa shape index (κ3) is 3.44. The zero-order valence-corrected chi connectivity index (χ0v) is 14.6. The van der Waals surface area contributed by atoms with Crippen LogP contribution in [0, 0.1) is 5.92 Å². The first-order valence-corrected chi connectivity index (χ1v) is 9.06. The molecule has 1 amide bonds. The number of carbonyl (C=O) groups is 1. The van der Waals surface area contributed by atoms with Crippen molar-refractivity contribution in [1.29, 1.82) is 0 Å². The van der Waals surface area contributed by atoms with Crippen LogP contribution in [0.15, 0.2) is 18.2 Å². The number of likely N-dealkylation sites (tertiary alicyclic amines) is 1. The number of hydrogen-bond donors (Lipinski definition) is 0. The van der Waals surface area contributed by atoms with Crippen molar-refractivity contribution in [1.82, 2.24) is 9.88 Å². The van der Waals surface area contributed by atoms with Gasteiger partial charge in [-0.25, -0.2) is 4.98 Å². The molecule has 1 saturated heterocycles. The predicted molar refractivity (Wildman–Crippen MR) is 92.6 cm³/mol. The maximum absolute atomic E-state index is 12.1. The van der Waals surface area contributed by atoms with Crippen molar-refractivity contribution < 1.29 is 4.79 Å². The van der Waals surface area contributed by atoms with Gasteiger partial charge in [-0.15, -0.1) is 11.3 Å². The second-order valence-corrected chi connectivity index (χ2v) is 7.92. The molecule has 0 N–H and O–H groups in total. The normalized spacial score (nSPS) is 16.6. The third-order valence-electron chi connectivity index (χ3n) is 4.15. The number of nitrogens with zero attached hydrogens (tertiary/aromatic N) is 2. The van der Waals surface area contributed by atoms with E-state index in [1.165, 1.54) is 9.71 Å². The van der Waals surface area contributed by atoms with Crippen LogP contribution in [-0.4, -0.2) is 28.9 Å². The van der Waals surface area contributed by atoms with E-state index >= 15 is 0 Å². The van der Waals surface area contributed by atoms with E-state index in [-0.39, 0.29) is 0 Å². The van der Waals surface area contributed by atoms with Gasteiger partial charge in [-0.1, -0.05) is 25.4 Å². The molecule has 5 heteroatoms. The van der Waals surface area contributed by atoms with Gasteiger partial charge in [-0.2, -0.15) is 0 Å². The van der Waals surface area contributed by atoms with E-state index in [2.05, 4.69) is 13.8 Å². The van der Waals surface area contributed by atoms with E-state index in [0.717, 1.165) is 36.5 Å². The van der Waals surface area contributed by atoms with Crippen LogP contribution < -0.4 is 0 Å². The Bertz CT molecular complexity index is 674. The number of aromatic nitrogens is 1. The van der Waals surface area contributed by atoms with Crippen LogP contribution in [-0.2, 0) is 4.79 Å². The molecule has 22 heavy (non-hydrogen) atoms. The Morgan fingerprint density at radius 1 is 1.41 bits per heavy atom. The van der Waals surface area contributed by atoms with Crippen molar-refractivity contribution in [2.24, 2.45) is 5.92 Å². The van der Waals surface area contributed by atoms with Crippen LogP contribution in [0.2, 0.25) is 5.02 Å². The molecule has 1 aromatic heterocycles. The summed E-state index contributed by atoms with van der Waals surface area (Å²) in [6, 6.07) is 5.89. The van der Waals surface area contributed by atoms with Gasteiger partial charge in [0.15, 0.2) is 0 Å². The highest BCUT2D eigenvalue weighted by molar-refractivity contribution is 7.18. The summed E-state index contributed by atoms with van der Waals surface area (Å²) in [7, 11) is 0. The summed E-state index contributed by atoms with van der Waals surface area (Å²) >= 11 is 7.79. The molecule has 1 aromatic carbocycles. The summed E-state index contributed by atoms with van der Waals surface area (Å²) in [4.78, 5) is 18.9. The van der Waals surface area contributed by atoms with Crippen molar-refractivity contribution in [2.75, 3.05) is 13.1 Å². The molecule has 1 aliphatic rings. The second kappa shape index (κ2) is 6.55. The number of amides is 1. The Labute approximate surface area is 140 Å². The van der Waals surface area contributed by atoms with E-state index in [1.807, 2.05) is 23.1 Å². The van der Waals surface area contributed by atoms with Crippen molar-refractivity contribution in [3.05, 3.63) is 28.2 Å². The first-order valence-electron chi connectivity index (χ1n) is 7.86. The maximum Gasteiger partial charge on any atom is 0.222 e. The van der Waals surface area contributed by atoms with Crippen LogP contribution >= 0.6 is 22.9 Å². The van der Waals surface area contributed by atoms with Crippen molar-refractivity contribution in [3.63, 3.8) is 0 Å². The van der Waals surface area contributed by atoms with Gasteiger partial charge in [0, 0.05) is 30.5 Å². The summed E-state index contributed by atoms with van der Waals surface area (Å²) in [5, 5.41) is 1.92. The Hall–Kier alpha value is -1.13. The van der Waals surface area contributed by atoms with Crippen LogP contribution in [0.3, 0.4) is 0 Å². The van der Waals surface area contributed by atoms with Gasteiger partial charge in [0.05, 0.1) is 15.2 Å². The van der Waals surface area contributed by atoms with E-state index in [1.54, 1.807) is 11.3 Å². The highest BCUT2D eigenvalue weighted by Gasteiger charge is 2.26. The molecule has 3 nitrogen and oxygen atoms in total. The van der Waals surface area contributed by atoms with E-state index < -0.39 is 0 Å². The van der Waals surface area contributed by atoms with Gasteiger partial charge in [0.2, 0.25) is 5.91 Å². The highest BCUT2D eigenvalue weighted by Crippen LogP contribution is 2.34. The predicted octanol–water partition coefficient (Wildman–Crippen LogP) is 4.70. The molecule has 0 bridgehead atoms. The summed E-state index contributed by atoms with van der Waals surface area (Å²) in [6.07, 6.45) is 2.68. The number of fused-ring (bicyclic) bond motifs is 1. The molecule has 3 rings (SSSR count). The second-order valence-electron chi connectivity index (χ2n) is 6.42. The lowest BCUT2D eigenvalue weighted by Crippen LogP contribution is -2.38. The van der Waals surface area contributed by atoms with Gasteiger partial charge in [0.25, 0.3) is 0 Å². The fraction of sp³-hybridized carbons (Fsp3) is 0.529. The molecule has 0 atom stereocenters. The minimum absolute atomic E-state index is 0.296. The molecule has 0 radical (unpaired) electrons. The molecule has 0 unspecified atom stereocenters. The number of carbonyl (C=O) groups excluding carboxylic acids is 1. The Balaban J connectivity index is 1.66. The highest BCUT2D eigenvalue weighted by atomic mass is 35.5. The lowest BCUT2D eigenvalue weighted by molar-refractivity contribution is -0.133. The average molecular weight is 337 g/mol. The molecular weight excluding hydrogens is 316 g/mol. The minimum atomic E-state index is 0.296. The van der Waals surface area contributed by atoms with Crippen molar-refractivity contribution in [2.45, 2.75) is 39.0 Å². The lowest BCUT2D eigenvalue weighted by atomic mass is 9.97. The Morgan fingerprint density at radius 3 is 2.82 bits per heavy atom. The number of thiazole rings is 1. The van der Waals surface area contributed by atoms with Crippen LogP contribution in [0.4, 0.5) is 0 Å². The van der Waals surface area contributed by atoms with Crippen LogP contribution in [0.1, 0.15) is 44.0 Å². The number of rotatable bonds is 3. The lowest BCUT2D eigenvalue weighted by Gasteiger charge is -2.31. The monoisotopic (exact) mass is 336 g/mol. The molecule has 118 valence electrons. The fourth-order valence-corrected chi connectivity index (χ4v) is 4.23. The van der Waals surface area contributed by atoms with E-state index in [9.17, 15) is 4.79 Å². The van der Waals surface area contributed by atoms with Crippen molar-refractivity contribution in [3.8, 4) is 0 Å². The van der Waals surface area contributed by atoms with E-state index in [4.69, 9.17) is 16.6 Å². The fourth-order valence-electron chi connectivity index (χ4n) is 2.95. The largest absolute Gasteiger partial charge is 0.343 e.